The summed E-state index contributed by atoms with van der Waals surface area (Å²) in [5.41, 5.74) is -4.67. The zero-order valence-corrected chi connectivity index (χ0v) is 11.3. The monoisotopic (exact) mass is 322 g/mol. The highest BCUT2D eigenvalue weighted by molar-refractivity contribution is 6.34. The van der Waals surface area contributed by atoms with E-state index in [4.69, 9.17) is 23.2 Å². The highest BCUT2D eigenvalue weighted by Crippen LogP contribution is 2.52. The van der Waals surface area contributed by atoms with Gasteiger partial charge >= 0.3 is 6.18 Å². The number of methoxy groups -OCH3 is 1. The van der Waals surface area contributed by atoms with Gasteiger partial charge in [0, 0.05) is 29.6 Å². The third-order valence-electron chi connectivity index (χ3n) is 2.59. The van der Waals surface area contributed by atoms with Gasteiger partial charge < -0.3 is 4.74 Å². The lowest BCUT2D eigenvalue weighted by atomic mass is 9.87. The van der Waals surface area contributed by atoms with Crippen LogP contribution in [0.15, 0.2) is 18.2 Å². The van der Waals surface area contributed by atoms with Crippen molar-refractivity contribution in [2.75, 3.05) is 7.11 Å². The lowest BCUT2D eigenvalue weighted by molar-refractivity contribution is -0.343. The Morgan fingerprint density at radius 1 is 0.947 bits per heavy atom. The molecule has 0 aliphatic heterocycles. The van der Waals surface area contributed by atoms with Crippen LogP contribution < -0.4 is 0 Å². The summed E-state index contributed by atoms with van der Waals surface area (Å²) < 4.78 is 70.7. The molecule has 0 spiro atoms. The van der Waals surface area contributed by atoms with E-state index in [0.717, 1.165) is 18.2 Å². The second-order valence-electron chi connectivity index (χ2n) is 3.93. The summed E-state index contributed by atoms with van der Waals surface area (Å²) in [6, 6.07) is 2.64. The van der Waals surface area contributed by atoms with Crippen LogP contribution in [0.3, 0.4) is 0 Å². The Labute approximate surface area is 116 Å². The zero-order chi connectivity index (χ0) is 15.1. The predicted molar refractivity (Wildman–Crippen MR) is 61.8 cm³/mol. The maximum absolute atomic E-state index is 13.6. The molecule has 0 heterocycles. The van der Waals surface area contributed by atoms with E-state index in [1.54, 1.807) is 0 Å². The molecule has 1 rings (SSSR count). The van der Waals surface area contributed by atoms with Crippen LogP contribution >= 0.6 is 23.2 Å². The van der Waals surface area contributed by atoms with Crippen molar-refractivity contribution in [1.82, 2.24) is 0 Å². The molecule has 0 bridgehead atoms. The van der Waals surface area contributed by atoms with Crippen molar-refractivity contribution in [2.24, 2.45) is 0 Å². The Balaban J connectivity index is 3.65. The van der Waals surface area contributed by atoms with Crippen molar-refractivity contribution in [2.45, 2.75) is 24.6 Å². The van der Waals surface area contributed by atoms with Gasteiger partial charge in [0.15, 0.2) is 0 Å². The molecule has 1 aromatic rings. The van der Waals surface area contributed by atoms with Gasteiger partial charge in [0.1, 0.15) is 0 Å². The highest BCUT2D eigenvalue weighted by Gasteiger charge is 2.69. The molecule has 0 radical (unpaired) electrons. The van der Waals surface area contributed by atoms with Gasteiger partial charge in [0.25, 0.3) is 11.5 Å². The van der Waals surface area contributed by atoms with Crippen LogP contribution in [-0.2, 0) is 10.3 Å². The molecule has 0 fully saturated rings. The first-order valence-corrected chi connectivity index (χ1v) is 5.67. The number of rotatable bonds is 3. The fraction of sp³-hybridized carbons (Fsp3) is 0.455. The predicted octanol–water partition coefficient (Wildman–Crippen LogP) is 5.05. The van der Waals surface area contributed by atoms with Gasteiger partial charge in [0.2, 0.25) is 0 Å². The quantitative estimate of drug-likeness (QED) is 0.707. The van der Waals surface area contributed by atoms with Crippen LogP contribution in [0.5, 0.6) is 0 Å². The van der Waals surface area contributed by atoms with Crippen molar-refractivity contribution in [3.05, 3.63) is 33.8 Å². The lowest BCUT2D eigenvalue weighted by Crippen LogP contribution is -2.56. The maximum Gasteiger partial charge on any atom is 0.427 e. The zero-order valence-electron chi connectivity index (χ0n) is 9.79. The first-order valence-electron chi connectivity index (χ1n) is 4.92. The molecule has 1 atom stereocenters. The van der Waals surface area contributed by atoms with Crippen LogP contribution in [0, 0.1) is 0 Å². The van der Waals surface area contributed by atoms with Crippen molar-refractivity contribution < 1.29 is 26.7 Å². The number of benzene rings is 1. The largest absolute Gasteiger partial charge is 0.427 e. The lowest BCUT2D eigenvalue weighted by Gasteiger charge is -2.39. The fourth-order valence-electron chi connectivity index (χ4n) is 1.84. The average Bonchev–Trinajstić information content (AvgIpc) is 2.12. The average molecular weight is 323 g/mol. The summed E-state index contributed by atoms with van der Waals surface area (Å²) in [5.74, 6) is -4.23. The smallest absolute Gasteiger partial charge is 0.360 e. The first-order chi connectivity index (χ1) is 8.45. The van der Waals surface area contributed by atoms with Crippen molar-refractivity contribution >= 4 is 23.2 Å². The van der Waals surface area contributed by atoms with E-state index in [9.17, 15) is 22.0 Å². The molecule has 0 saturated carbocycles. The molecule has 0 aliphatic rings. The van der Waals surface area contributed by atoms with Crippen LogP contribution in [-0.4, -0.2) is 19.2 Å². The van der Waals surface area contributed by atoms with Gasteiger partial charge in [-0.3, -0.25) is 0 Å². The summed E-state index contributed by atoms with van der Waals surface area (Å²) in [4.78, 5) is 0. The molecule has 0 amide bonds. The van der Waals surface area contributed by atoms with Crippen LogP contribution in [0.1, 0.15) is 12.5 Å². The fourth-order valence-corrected chi connectivity index (χ4v) is 2.36. The molecule has 1 nitrogen and oxygen atoms in total. The van der Waals surface area contributed by atoms with Crippen LogP contribution in [0.4, 0.5) is 22.0 Å². The van der Waals surface area contributed by atoms with Crippen molar-refractivity contribution in [3.63, 3.8) is 0 Å². The highest BCUT2D eigenvalue weighted by atomic mass is 35.5. The van der Waals surface area contributed by atoms with E-state index in [0.29, 0.717) is 7.11 Å². The number of halogens is 7. The SMILES string of the molecule is COC(c1cc(Cl)cc(Cl)c1)(C(C)(F)F)C(F)(F)F. The standard InChI is InChI=1S/C11H9Cl2F5O/c1-9(14,15)10(19-2,11(16,17)18)6-3-7(12)5-8(13)4-6/h3-5H,1-2H3. The summed E-state index contributed by atoms with van der Waals surface area (Å²) in [5, 5.41) is -0.394. The maximum atomic E-state index is 13.6. The summed E-state index contributed by atoms with van der Waals surface area (Å²) in [7, 11) is 0.555. The van der Waals surface area contributed by atoms with Crippen LogP contribution in [0.25, 0.3) is 0 Å². The van der Waals surface area contributed by atoms with Gasteiger partial charge in [0.05, 0.1) is 0 Å². The molecule has 108 valence electrons. The number of hydrogen-bond donors (Lipinski definition) is 0. The number of ether oxygens (including phenoxy) is 1. The molecule has 1 unspecified atom stereocenters. The Kier molecular flexibility index (Phi) is 4.39. The van der Waals surface area contributed by atoms with Crippen molar-refractivity contribution in [3.8, 4) is 0 Å². The summed E-state index contributed by atoms with van der Waals surface area (Å²) in [6.07, 6.45) is -5.35. The minimum atomic E-state index is -5.35. The van der Waals surface area contributed by atoms with Gasteiger partial charge in [-0.05, 0) is 18.2 Å². The van der Waals surface area contributed by atoms with E-state index >= 15 is 0 Å². The van der Waals surface area contributed by atoms with Crippen molar-refractivity contribution in [1.29, 1.82) is 0 Å². The molecular formula is C11H9Cl2F5O. The van der Waals surface area contributed by atoms with E-state index in [1.807, 2.05) is 0 Å². The second-order valence-corrected chi connectivity index (χ2v) is 4.80. The molecule has 0 aromatic heterocycles. The molecule has 0 aliphatic carbocycles. The molecular weight excluding hydrogens is 314 g/mol. The van der Waals surface area contributed by atoms with E-state index in [1.165, 1.54) is 0 Å². The topological polar surface area (TPSA) is 9.23 Å². The Morgan fingerprint density at radius 2 is 1.37 bits per heavy atom. The molecule has 0 saturated heterocycles. The Hall–Kier alpha value is -0.590. The molecule has 19 heavy (non-hydrogen) atoms. The van der Waals surface area contributed by atoms with Gasteiger partial charge in [-0.15, -0.1) is 0 Å². The van der Waals surface area contributed by atoms with Crippen LogP contribution in [0.2, 0.25) is 10.0 Å². The second kappa shape index (κ2) is 5.07. The third-order valence-corrected chi connectivity index (χ3v) is 3.03. The Morgan fingerprint density at radius 3 is 1.63 bits per heavy atom. The number of hydrogen-bond acceptors (Lipinski definition) is 1. The first kappa shape index (κ1) is 16.5. The third kappa shape index (κ3) is 2.80. The minimum absolute atomic E-state index is 0.124. The number of alkyl halides is 5. The molecule has 0 N–H and O–H groups in total. The van der Waals surface area contributed by atoms with Gasteiger partial charge in [-0.1, -0.05) is 23.2 Å². The van der Waals surface area contributed by atoms with Gasteiger partial charge in [-0.2, -0.15) is 13.2 Å². The summed E-state index contributed by atoms with van der Waals surface area (Å²) in [6.45, 7) is 0.124. The van der Waals surface area contributed by atoms with Gasteiger partial charge in [-0.25, -0.2) is 8.78 Å². The van der Waals surface area contributed by atoms with E-state index < -0.39 is 23.3 Å². The van der Waals surface area contributed by atoms with E-state index in [2.05, 4.69) is 4.74 Å². The normalized spacial score (nSPS) is 16.3. The summed E-state index contributed by atoms with van der Waals surface area (Å²) >= 11 is 11.1. The minimum Gasteiger partial charge on any atom is -0.360 e. The molecule has 8 heteroatoms. The Bertz CT molecular complexity index is 433. The molecule has 1 aromatic carbocycles. The van der Waals surface area contributed by atoms with E-state index in [-0.39, 0.29) is 17.0 Å².